The second-order valence-corrected chi connectivity index (χ2v) is 6.17. The van der Waals surface area contributed by atoms with Crippen LogP contribution in [0.25, 0.3) is 0 Å². The van der Waals surface area contributed by atoms with Gasteiger partial charge in [-0.1, -0.05) is 12.1 Å². The first kappa shape index (κ1) is 19.2. The zero-order valence-corrected chi connectivity index (χ0v) is 15.2. The van der Waals surface area contributed by atoms with Gasteiger partial charge in [-0.05, 0) is 56.3 Å². The Labute approximate surface area is 160 Å². The van der Waals surface area contributed by atoms with E-state index in [4.69, 9.17) is 4.74 Å². The third-order valence-corrected chi connectivity index (χ3v) is 3.60. The highest BCUT2D eigenvalue weighted by Gasteiger charge is 2.11. The monoisotopic (exact) mass is 384 g/mol. The van der Waals surface area contributed by atoms with Gasteiger partial charge < -0.3 is 15.4 Å². The summed E-state index contributed by atoms with van der Waals surface area (Å²) < 4.78 is 32.0. The van der Waals surface area contributed by atoms with Crippen LogP contribution >= 0.6 is 0 Å². The summed E-state index contributed by atoms with van der Waals surface area (Å²) in [5.74, 6) is -1.44. The van der Waals surface area contributed by atoms with E-state index in [0.29, 0.717) is 11.6 Å². The molecule has 6 nitrogen and oxygen atoms in total. The molecule has 2 N–H and O–H groups in total. The van der Waals surface area contributed by atoms with Gasteiger partial charge in [-0.2, -0.15) is 0 Å². The van der Waals surface area contributed by atoms with Crippen LogP contribution in [0.15, 0.2) is 54.6 Å². The van der Waals surface area contributed by atoms with Gasteiger partial charge in [-0.3, -0.25) is 4.79 Å². The summed E-state index contributed by atoms with van der Waals surface area (Å²) >= 11 is 0. The van der Waals surface area contributed by atoms with Crippen molar-refractivity contribution in [1.29, 1.82) is 0 Å². The van der Waals surface area contributed by atoms with E-state index in [1.165, 1.54) is 6.07 Å². The second-order valence-electron chi connectivity index (χ2n) is 6.17. The average Bonchev–Trinajstić information content (AvgIpc) is 2.66. The summed E-state index contributed by atoms with van der Waals surface area (Å²) in [7, 11) is 0. The van der Waals surface area contributed by atoms with Gasteiger partial charge in [0.15, 0.2) is 23.3 Å². The van der Waals surface area contributed by atoms with Crippen LogP contribution in [-0.2, 0) is 0 Å². The molecule has 0 saturated heterocycles. The number of ether oxygens (including phenoxy) is 1. The molecule has 0 fully saturated rings. The Morgan fingerprint density at radius 2 is 1.68 bits per heavy atom. The molecule has 144 valence electrons. The molecule has 0 bridgehead atoms. The Balaban J connectivity index is 1.68. The minimum absolute atomic E-state index is 0.0166. The van der Waals surface area contributed by atoms with Crippen LogP contribution in [0.4, 0.5) is 26.1 Å². The van der Waals surface area contributed by atoms with Crippen molar-refractivity contribution in [3.05, 3.63) is 71.8 Å². The Kier molecular flexibility index (Phi) is 5.78. The van der Waals surface area contributed by atoms with Crippen molar-refractivity contribution in [2.75, 3.05) is 10.6 Å². The summed E-state index contributed by atoms with van der Waals surface area (Å²) in [6.07, 6.45) is 0.0166. The fourth-order valence-corrected chi connectivity index (χ4v) is 2.36. The van der Waals surface area contributed by atoms with Crippen molar-refractivity contribution in [2.24, 2.45) is 0 Å². The molecule has 28 heavy (non-hydrogen) atoms. The second kappa shape index (κ2) is 8.43. The number of hydrogen-bond donors (Lipinski definition) is 2. The highest BCUT2D eigenvalue weighted by Crippen LogP contribution is 2.27. The normalized spacial score (nSPS) is 10.6. The number of benzene rings is 2. The zero-order valence-electron chi connectivity index (χ0n) is 15.2. The van der Waals surface area contributed by atoms with Crippen molar-refractivity contribution in [3.8, 4) is 5.75 Å². The fourth-order valence-electron chi connectivity index (χ4n) is 2.36. The first-order valence-electron chi connectivity index (χ1n) is 8.55. The largest absolute Gasteiger partial charge is 0.489 e. The Hall–Kier alpha value is -3.55. The molecule has 0 atom stereocenters. The van der Waals surface area contributed by atoms with Crippen LogP contribution < -0.4 is 15.4 Å². The van der Waals surface area contributed by atoms with E-state index in [2.05, 4.69) is 20.8 Å². The van der Waals surface area contributed by atoms with Crippen molar-refractivity contribution in [3.63, 3.8) is 0 Å². The molecule has 0 aliphatic rings. The number of aromatic nitrogens is 2. The molecule has 1 aromatic heterocycles. The van der Waals surface area contributed by atoms with Crippen LogP contribution in [0.1, 0.15) is 24.2 Å². The first-order valence-corrected chi connectivity index (χ1v) is 8.55. The Morgan fingerprint density at radius 1 is 0.964 bits per heavy atom. The van der Waals surface area contributed by atoms with E-state index in [9.17, 15) is 13.6 Å². The molecule has 2 aromatic carbocycles. The fraction of sp³-hybridized carbons (Fsp3) is 0.150. The van der Waals surface area contributed by atoms with Crippen LogP contribution in [0.3, 0.4) is 0 Å². The molecule has 8 heteroatoms. The van der Waals surface area contributed by atoms with E-state index < -0.39 is 17.5 Å². The van der Waals surface area contributed by atoms with Gasteiger partial charge in [0.25, 0.3) is 5.91 Å². The summed E-state index contributed by atoms with van der Waals surface area (Å²) in [6.45, 7) is 3.86. The molecule has 0 aliphatic heterocycles. The van der Waals surface area contributed by atoms with Crippen molar-refractivity contribution in [1.82, 2.24) is 10.2 Å². The third kappa shape index (κ3) is 4.79. The zero-order chi connectivity index (χ0) is 20.1. The standard InChI is InChI=1S/C20H18F2N4O2/c1-12(2)28-17-6-4-3-5-16(17)23-18-9-10-19(26-25-18)24-20(27)13-7-8-14(21)15(22)11-13/h3-12H,1-2H3,(H,23,25)(H,24,26,27). The summed E-state index contributed by atoms with van der Waals surface area (Å²) in [6, 6.07) is 13.5. The lowest BCUT2D eigenvalue weighted by Crippen LogP contribution is -2.14. The molecular formula is C20H18F2N4O2. The highest BCUT2D eigenvalue weighted by molar-refractivity contribution is 6.03. The van der Waals surface area contributed by atoms with Gasteiger partial charge in [-0.15, -0.1) is 10.2 Å². The maximum Gasteiger partial charge on any atom is 0.256 e. The molecule has 0 spiro atoms. The molecule has 3 rings (SSSR count). The number of anilines is 3. The average molecular weight is 384 g/mol. The maximum atomic E-state index is 13.2. The van der Waals surface area contributed by atoms with Crippen molar-refractivity contribution in [2.45, 2.75) is 20.0 Å². The molecule has 0 unspecified atom stereocenters. The lowest BCUT2D eigenvalue weighted by Gasteiger charge is -2.15. The van der Waals surface area contributed by atoms with E-state index >= 15 is 0 Å². The Morgan fingerprint density at radius 3 is 2.36 bits per heavy atom. The van der Waals surface area contributed by atoms with Gasteiger partial charge in [0.05, 0.1) is 11.8 Å². The van der Waals surface area contributed by atoms with Crippen LogP contribution in [0.5, 0.6) is 5.75 Å². The minimum atomic E-state index is -1.10. The Bertz CT molecular complexity index is 978. The molecule has 1 amide bonds. The number of nitrogens with one attached hydrogen (secondary N) is 2. The lowest BCUT2D eigenvalue weighted by atomic mass is 10.2. The third-order valence-electron chi connectivity index (χ3n) is 3.60. The number of rotatable bonds is 6. The SMILES string of the molecule is CC(C)Oc1ccccc1Nc1ccc(NC(=O)c2ccc(F)c(F)c2)nn1. The number of amides is 1. The van der Waals surface area contributed by atoms with E-state index in [-0.39, 0.29) is 17.5 Å². The number of nitrogens with zero attached hydrogens (tertiary/aromatic N) is 2. The van der Waals surface area contributed by atoms with E-state index in [1.807, 2.05) is 38.1 Å². The molecule has 0 saturated carbocycles. The van der Waals surface area contributed by atoms with E-state index in [1.54, 1.807) is 12.1 Å². The summed E-state index contributed by atoms with van der Waals surface area (Å²) in [5.41, 5.74) is 0.701. The number of hydrogen-bond acceptors (Lipinski definition) is 5. The van der Waals surface area contributed by atoms with Gasteiger partial charge in [0.2, 0.25) is 0 Å². The predicted octanol–water partition coefficient (Wildman–Crippen LogP) is 4.54. The number of carbonyl (C=O) groups is 1. The molecule has 0 aliphatic carbocycles. The van der Waals surface area contributed by atoms with Crippen molar-refractivity contribution < 1.29 is 18.3 Å². The number of carbonyl (C=O) groups excluding carboxylic acids is 1. The van der Waals surface area contributed by atoms with Gasteiger partial charge in [0.1, 0.15) is 5.75 Å². The molecule has 1 heterocycles. The molecular weight excluding hydrogens is 366 g/mol. The predicted molar refractivity (Wildman–Crippen MR) is 102 cm³/mol. The van der Waals surface area contributed by atoms with Crippen LogP contribution in [0.2, 0.25) is 0 Å². The van der Waals surface area contributed by atoms with Crippen molar-refractivity contribution >= 4 is 23.2 Å². The van der Waals surface area contributed by atoms with Gasteiger partial charge in [-0.25, -0.2) is 8.78 Å². The molecule has 0 radical (unpaired) electrons. The quantitative estimate of drug-likeness (QED) is 0.653. The highest BCUT2D eigenvalue weighted by atomic mass is 19.2. The first-order chi connectivity index (χ1) is 13.4. The van der Waals surface area contributed by atoms with Crippen LogP contribution in [0, 0.1) is 11.6 Å². The van der Waals surface area contributed by atoms with Crippen LogP contribution in [-0.4, -0.2) is 22.2 Å². The topological polar surface area (TPSA) is 76.1 Å². The smallest absolute Gasteiger partial charge is 0.256 e. The van der Waals surface area contributed by atoms with Gasteiger partial charge in [0, 0.05) is 5.56 Å². The minimum Gasteiger partial charge on any atom is -0.489 e. The van der Waals surface area contributed by atoms with Gasteiger partial charge >= 0.3 is 0 Å². The lowest BCUT2D eigenvalue weighted by molar-refractivity contribution is 0.102. The summed E-state index contributed by atoms with van der Waals surface area (Å²) in [4.78, 5) is 12.1. The number of halogens is 2. The maximum absolute atomic E-state index is 13.2. The molecule has 3 aromatic rings. The van der Waals surface area contributed by atoms with E-state index in [0.717, 1.165) is 17.8 Å². The summed E-state index contributed by atoms with van der Waals surface area (Å²) in [5, 5.41) is 13.5. The number of para-hydroxylation sites is 2.